The van der Waals surface area contributed by atoms with Crippen LogP contribution in [0.25, 0.3) is 0 Å². The van der Waals surface area contributed by atoms with Gasteiger partial charge >= 0.3 is 0 Å². The fourth-order valence-corrected chi connectivity index (χ4v) is 1.27. The largest absolute Gasteiger partial charge is 0.393 e. The molecule has 9 heavy (non-hydrogen) atoms. The molecule has 1 aliphatic rings. The van der Waals surface area contributed by atoms with Gasteiger partial charge in [-0.2, -0.15) is 0 Å². The molecule has 2 atom stereocenters. The summed E-state index contributed by atoms with van der Waals surface area (Å²) in [6, 6.07) is 0. The van der Waals surface area contributed by atoms with Crippen molar-refractivity contribution in [2.75, 3.05) is 6.54 Å². The number of rotatable bonds is 3. The third-order valence-corrected chi connectivity index (χ3v) is 2.16. The van der Waals surface area contributed by atoms with Crippen LogP contribution >= 0.6 is 0 Å². The lowest BCUT2D eigenvalue weighted by Gasteiger charge is -2.32. The maximum atomic E-state index is 9.09. The number of hydrogen-bond donors (Lipinski definition) is 2. The number of aliphatic hydroxyl groups is 1. The third-order valence-electron chi connectivity index (χ3n) is 2.16. The van der Waals surface area contributed by atoms with E-state index in [0.717, 1.165) is 25.8 Å². The zero-order valence-corrected chi connectivity index (χ0v) is 5.71. The molecular formula is C7H15NO. The van der Waals surface area contributed by atoms with Gasteiger partial charge in [0.2, 0.25) is 0 Å². The lowest BCUT2D eigenvalue weighted by atomic mass is 9.79. The van der Waals surface area contributed by atoms with Crippen LogP contribution in [0, 0.1) is 5.92 Å². The van der Waals surface area contributed by atoms with Gasteiger partial charge in [0.05, 0.1) is 6.10 Å². The highest BCUT2D eigenvalue weighted by Crippen LogP contribution is 2.30. The molecule has 0 unspecified atom stereocenters. The molecule has 0 aromatic heterocycles. The molecule has 1 rings (SSSR count). The Morgan fingerprint density at radius 3 is 2.56 bits per heavy atom. The molecule has 0 bridgehead atoms. The number of aliphatic hydroxyl groups excluding tert-OH is 1. The Balaban J connectivity index is 1.99. The quantitative estimate of drug-likeness (QED) is 0.582. The van der Waals surface area contributed by atoms with E-state index in [4.69, 9.17) is 10.8 Å². The zero-order valence-electron chi connectivity index (χ0n) is 5.71. The van der Waals surface area contributed by atoms with E-state index in [1.165, 1.54) is 6.42 Å². The fraction of sp³-hybridized carbons (Fsp3) is 1.00. The summed E-state index contributed by atoms with van der Waals surface area (Å²) in [5.41, 5.74) is 5.32. The maximum absolute atomic E-state index is 9.09. The fourth-order valence-electron chi connectivity index (χ4n) is 1.27. The standard InChI is InChI=1S/C7H15NO/c8-5-1-2-6-3-4-7(6)9/h6-7,9H,1-5,8H2/t6-,7-/m0/s1. The van der Waals surface area contributed by atoms with Crippen molar-refractivity contribution in [2.24, 2.45) is 11.7 Å². The second-order valence-electron chi connectivity index (χ2n) is 2.84. The van der Waals surface area contributed by atoms with Crippen molar-refractivity contribution in [3.05, 3.63) is 0 Å². The Labute approximate surface area is 56.1 Å². The molecule has 3 N–H and O–H groups in total. The van der Waals surface area contributed by atoms with E-state index >= 15 is 0 Å². The van der Waals surface area contributed by atoms with Gasteiger partial charge in [-0.05, 0) is 38.1 Å². The van der Waals surface area contributed by atoms with Crippen LogP contribution in [-0.2, 0) is 0 Å². The average Bonchev–Trinajstić information content (AvgIpc) is 1.86. The summed E-state index contributed by atoms with van der Waals surface area (Å²) >= 11 is 0. The average molecular weight is 129 g/mol. The number of nitrogens with two attached hydrogens (primary N) is 1. The Bertz CT molecular complexity index is 85.0. The molecular weight excluding hydrogens is 114 g/mol. The van der Waals surface area contributed by atoms with E-state index in [1.54, 1.807) is 0 Å². The third kappa shape index (κ3) is 1.66. The van der Waals surface area contributed by atoms with Crippen LogP contribution in [0.1, 0.15) is 25.7 Å². The summed E-state index contributed by atoms with van der Waals surface area (Å²) in [5, 5.41) is 9.09. The molecule has 1 fully saturated rings. The van der Waals surface area contributed by atoms with Gasteiger partial charge in [0, 0.05) is 0 Å². The topological polar surface area (TPSA) is 46.2 Å². The molecule has 54 valence electrons. The molecule has 0 aliphatic heterocycles. The predicted octanol–water partition coefficient (Wildman–Crippen LogP) is 0.496. The SMILES string of the molecule is NCCC[C@H]1CC[C@@H]1O. The summed E-state index contributed by atoms with van der Waals surface area (Å²) < 4.78 is 0. The summed E-state index contributed by atoms with van der Waals surface area (Å²) in [7, 11) is 0. The van der Waals surface area contributed by atoms with E-state index in [2.05, 4.69) is 0 Å². The molecule has 0 spiro atoms. The zero-order chi connectivity index (χ0) is 6.69. The van der Waals surface area contributed by atoms with Crippen molar-refractivity contribution >= 4 is 0 Å². The highest BCUT2D eigenvalue weighted by Gasteiger charge is 2.27. The first kappa shape index (κ1) is 7.03. The summed E-state index contributed by atoms with van der Waals surface area (Å²) in [6.45, 7) is 0.767. The second-order valence-corrected chi connectivity index (χ2v) is 2.84. The molecule has 1 saturated carbocycles. The first-order chi connectivity index (χ1) is 4.34. The molecule has 0 radical (unpaired) electrons. The van der Waals surface area contributed by atoms with Crippen molar-refractivity contribution in [3.63, 3.8) is 0 Å². The molecule has 1 aliphatic carbocycles. The predicted molar refractivity (Wildman–Crippen MR) is 37.0 cm³/mol. The van der Waals surface area contributed by atoms with Crippen molar-refractivity contribution in [1.82, 2.24) is 0 Å². The van der Waals surface area contributed by atoms with Crippen LogP contribution in [0.4, 0.5) is 0 Å². The monoisotopic (exact) mass is 129 g/mol. The van der Waals surface area contributed by atoms with E-state index < -0.39 is 0 Å². The second kappa shape index (κ2) is 3.18. The van der Waals surface area contributed by atoms with Crippen LogP contribution in [0.15, 0.2) is 0 Å². The van der Waals surface area contributed by atoms with Crippen LogP contribution in [0.2, 0.25) is 0 Å². The van der Waals surface area contributed by atoms with E-state index in [-0.39, 0.29) is 6.10 Å². The van der Waals surface area contributed by atoms with Crippen LogP contribution in [0.3, 0.4) is 0 Å². The Hall–Kier alpha value is -0.0800. The van der Waals surface area contributed by atoms with Gasteiger partial charge < -0.3 is 10.8 Å². The normalized spacial score (nSPS) is 34.0. The van der Waals surface area contributed by atoms with E-state index in [9.17, 15) is 0 Å². The summed E-state index contributed by atoms with van der Waals surface area (Å²) in [4.78, 5) is 0. The first-order valence-corrected chi connectivity index (χ1v) is 3.72. The van der Waals surface area contributed by atoms with Crippen molar-refractivity contribution in [3.8, 4) is 0 Å². The molecule has 0 amide bonds. The van der Waals surface area contributed by atoms with Gasteiger partial charge in [0.25, 0.3) is 0 Å². The van der Waals surface area contributed by atoms with Gasteiger partial charge in [-0.25, -0.2) is 0 Å². The van der Waals surface area contributed by atoms with Crippen LogP contribution in [-0.4, -0.2) is 17.8 Å². The highest BCUT2D eigenvalue weighted by molar-refractivity contribution is 4.79. The van der Waals surface area contributed by atoms with Crippen molar-refractivity contribution < 1.29 is 5.11 Å². The Morgan fingerprint density at radius 1 is 1.44 bits per heavy atom. The van der Waals surface area contributed by atoms with Gasteiger partial charge in [-0.1, -0.05) is 0 Å². The molecule has 0 saturated heterocycles. The van der Waals surface area contributed by atoms with Crippen LogP contribution < -0.4 is 5.73 Å². The first-order valence-electron chi connectivity index (χ1n) is 3.72. The number of hydrogen-bond acceptors (Lipinski definition) is 2. The molecule has 0 heterocycles. The van der Waals surface area contributed by atoms with Gasteiger partial charge in [0.15, 0.2) is 0 Å². The molecule has 0 aromatic rings. The Kier molecular flexibility index (Phi) is 2.49. The maximum Gasteiger partial charge on any atom is 0.0568 e. The Morgan fingerprint density at radius 2 is 2.22 bits per heavy atom. The minimum absolute atomic E-state index is 0.00319. The van der Waals surface area contributed by atoms with Gasteiger partial charge in [-0.15, -0.1) is 0 Å². The van der Waals surface area contributed by atoms with Gasteiger partial charge in [-0.3, -0.25) is 0 Å². The van der Waals surface area contributed by atoms with E-state index in [0.29, 0.717) is 5.92 Å². The van der Waals surface area contributed by atoms with Gasteiger partial charge in [0.1, 0.15) is 0 Å². The summed E-state index contributed by atoms with van der Waals surface area (Å²) in [5.74, 6) is 0.577. The molecule has 0 aromatic carbocycles. The lowest BCUT2D eigenvalue weighted by molar-refractivity contribution is 0.0188. The highest BCUT2D eigenvalue weighted by atomic mass is 16.3. The van der Waals surface area contributed by atoms with E-state index in [1.807, 2.05) is 0 Å². The minimum atomic E-state index is -0.00319. The van der Waals surface area contributed by atoms with Crippen molar-refractivity contribution in [2.45, 2.75) is 31.8 Å². The minimum Gasteiger partial charge on any atom is -0.393 e. The molecule has 2 heteroatoms. The van der Waals surface area contributed by atoms with Crippen LogP contribution in [0.5, 0.6) is 0 Å². The lowest BCUT2D eigenvalue weighted by Crippen LogP contribution is -2.31. The van der Waals surface area contributed by atoms with Crippen molar-refractivity contribution in [1.29, 1.82) is 0 Å². The summed E-state index contributed by atoms with van der Waals surface area (Å²) in [6.07, 6.45) is 4.41. The smallest absolute Gasteiger partial charge is 0.0568 e. The molecule has 2 nitrogen and oxygen atoms in total.